The molecule has 2 aromatic rings. The molecule has 0 fully saturated rings. The highest BCUT2D eigenvalue weighted by molar-refractivity contribution is 6.43. The van der Waals surface area contributed by atoms with Crippen LogP contribution >= 0.6 is 34.8 Å². The van der Waals surface area contributed by atoms with Crippen molar-refractivity contribution in [3.05, 3.63) is 57.0 Å². The SMILES string of the molecule is NC(=O)CCNC(=O)c1ccccc1NC(=O)COc1cc(Cl)c(Cl)cc1Cl. The molecule has 0 unspecified atom stereocenters. The zero-order chi connectivity index (χ0) is 20.7. The van der Waals surface area contributed by atoms with Crippen LogP contribution in [0.25, 0.3) is 0 Å². The number of primary amides is 1. The second-order valence-electron chi connectivity index (χ2n) is 5.55. The van der Waals surface area contributed by atoms with Gasteiger partial charge in [-0.1, -0.05) is 46.9 Å². The minimum absolute atomic E-state index is 0.0124. The van der Waals surface area contributed by atoms with Gasteiger partial charge in [-0.3, -0.25) is 14.4 Å². The Morgan fingerprint density at radius 3 is 2.39 bits per heavy atom. The van der Waals surface area contributed by atoms with Crippen molar-refractivity contribution in [3.8, 4) is 5.75 Å². The third kappa shape index (κ3) is 6.30. The zero-order valence-electron chi connectivity index (χ0n) is 14.4. The first-order chi connectivity index (χ1) is 13.3. The molecule has 28 heavy (non-hydrogen) atoms. The number of anilines is 1. The van der Waals surface area contributed by atoms with E-state index in [2.05, 4.69) is 10.6 Å². The molecule has 2 aromatic carbocycles. The Balaban J connectivity index is 1.99. The molecule has 0 aliphatic rings. The van der Waals surface area contributed by atoms with E-state index in [0.29, 0.717) is 0 Å². The van der Waals surface area contributed by atoms with Gasteiger partial charge in [-0.2, -0.15) is 0 Å². The average molecular weight is 445 g/mol. The first-order valence-corrected chi connectivity index (χ1v) is 9.14. The molecule has 4 N–H and O–H groups in total. The lowest BCUT2D eigenvalue weighted by molar-refractivity contribution is -0.118. The molecule has 0 saturated carbocycles. The molecule has 0 aliphatic carbocycles. The molecule has 0 spiro atoms. The van der Waals surface area contributed by atoms with E-state index in [1.54, 1.807) is 18.2 Å². The van der Waals surface area contributed by atoms with E-state index in [1.165, 1.54) is 18.2 Å². The summed E-state index contributed by atoms with van der Waals surface area (Å²) in [6, 6.07) is 9.21. The molecule has 3 amide bonds. The van der Waals surface area contributed by atoms with E-state index < -0.39 is 17.7 Å². The molecular formula is C18H16Cl3N3O4. The monoisotopic (exact) mass is 443 g/mol. The minimum atomic E-state index is -0.528. The number of nitrogens with two attached hydrogens (primary N) is 1. The Kier molecular flexibility index (Phi) is 7.92. The smallest absolute Gasteiger partial charge is 0.262 e. The molecule has 0 aliphatic heterocycles. The largest absolute Gasteiger partial charge is 0.482 e. The topological polar surface area (TPSA) is 111 Å². The lowest BCUT2D eigenvalue weighted by Gasteiger charge is -2.12. The number of carbonyl (C=O) groups excluding carboxylic acids is 3. The van der Waals surface area contributed by atoms with Crippen molar-refractivity contribution in [2.24, 2.45) is 5.73 Å². The molecular weight excluding hydrogens is 429 g/mol. The van der Waals surface area contributed by atoms with Crippen LogP contribution in [0.4, 0.5) is 5.69 Å². The Hall–Kier alpha value is -2.48. The van der Waals surface area contributed by atoms with Gasteiger partial charge in [0.15, 0.2) is 6.61 Å². The third-order valence-electron chi connectivity index (χ3n) is 3.44. The molecule has 0 heterocycles. The molecule has 10 heteroatoms. The number of para-hydroxylation sites is 1. The fourth-order valence-corrected chi connectivity index (χ4v) is 2.72. The molecule has 2 rings (SSSR count). The Morgan fingerprint density at radius 1 is 1.00 bits per heavy atom. The van der Waals surface area contributed by atoms with Crippen LogP contribution in [0.1, 0.15) is 16.8 Å². The van der Waals surface area contributed by atoms with Gasteiger partial charge in [-0.15, -0.1) is 0 Å². The third-order valence-corrected chi connectivity index (χ3v) is 4.45. The van der Waals surface area contributed by atoms with Crippen LogP contribution in [0, 0.1) is 0 Å². The predicted octanol–water partition coefficient (Wildman–Crippen LogP) is 3.27. The van der Waals surface area contributed by atoms with E-state index in [-0.39, 0.29) is 51.6 Å². The van der Waals surface area contributed by atoms with Gasteiger partial charge in [-0.25, -0.2) is 0 Å². The predicted molar refractivity (Wildman–Crippen MR) is 108 cm³/mol. The van der Waals surface area contributed by atoms with E-state index in [1.807, 2.05) is 0 Å². The van der Waals surface area contributed by atoms with Crippen molar-refractivity contribution < 1.29 is 19.1 Å². The van der Waals surface area contributed by atoms with Gasteiger partial charge in [-0.05, 0) is 18.2 Å². The fourth-order valence-electron chi connectivity index (χ4n) is 2.13. The molecule has 148 valence electrons. The van der Waals surface area contributed by atoms with Crippen molar-refractivity contribution in [1.29, 1.82) is 0 Å². The number of nitrogens with one attached hydrogen (secondary N) is 2. The number of benzene rings is 2. The van der Waals surface area contributed by atoms with Gasteiger partial charge in [0.1, 0.15) is 5.75 Å². The van der Waals surface area contributed by atoms with Crippen molar-refractivity contribution in [2.75, 3.05) is 18.5 Å². The van der Waals surface area contributed by atoms with E-state index in [4.69, 9.17) is 45.3 Å². The highest BCUT2D eigenvalue weighted by Gasteiger charge is 2.14. The van der Waals surface area contributed by atoms with E-state index in [9.17, 15) is 14.4 Å². The lowest BCUT2D eigenvalue weighted by Crippen LogP contribution is -2.29. The number of amides is 3. The summed E-state index contributed by atoms with van der Waals surface area (Å²) >= 11 is 17.7. The molecule has 7 nitrogen and oxygen atoms in total. The molecule has 0 bridgehead atoms. The Labute approximate surface area is 176 Å². The van der Waals surface area contributed by atoms with Gasteiger partial charge in [0, 0.05) is 19.0 Å². The Bertz CT molecular complexity index is 906. The summed E-state index contributed by atoms with van der Waals surface area (Å²) in [5, 5.41) is 5.85. The zero-order valence-corrected chi connectivity index (χ0v) is 16.7. The number of hydrogen-bond donors (Lipinski definition) is 3. The summed E-state index contributed by atoms with van der Waals surface area (Å²) in [4.78, 5) is 35.2. The number of ether oxygens (including phenoxy) is 1. The van der Waals surface area contributed by atoms with E-state index in [0.717, 1.165) is 0 Å². The van der Waals surface area contributed by atoms with E-state index >= 15 is 0 Å². The molecule has 0 atom stereocenters. The summed E-state index contributed by atoms with van der Waals surface area (Å²) in [7, 11) is 0. The highest BCUT2D eigenvalue weighted by atomic mass is 35.5. The number of hydrogen-bond acceptors (Lipinski definition) is 4. The van der Waals surface area contributed by atoms with Crippen LogP contribution in [0.15, 0.2) is 36.4 Å². The average Bonchev–Trinajstić information content (AvgIpc) is 2.63. The summed E-state index contributed by atoms with van der Waals surface area (Å²) in [6.07, 6.45) is 0.0124. The highest BCUT2D eigenvalue weighted by Crippen LogP contribution is 2.33. The molecule has 0 radical (unpaired) electrons. The summed E-state index contributed by atoms with van der Waals surface area (Å²) < 4.78 is 5.36. The van der Waals surface area contributed by atoms with Gasteiger partial charge < -0.3 is 21.1 Å². The van der Waals surface area contributed by atoms with Crippen LogP contribution in [0.3, 0.4) is 0 Å². The summed E-state index contributed by atoms with van der Waals surface area (Å²) in [5.74, 6) is -1.30. The summed E-state index contributed by atoms with van der Waals surface area (Å²) in [5.41, 5.74) is 5.55. The number of rotatable bonds is 8. The van der Waals surface area contributed by atoms with Crippen molar-refractivity contribution in [3.63, 3.8) is 0 Å². The maximum Gasteiger partial charge on any atom is 0.262 e. The lowest BCUT2D eigenvalue weighted by atomic mass is 10.1. The minimum Gasteiger partial charge on any atom is -0.482 e. The first-order valence-electron chi connectivity index (χ1n) is 8.00. The number of carbonyl (C=O) groups is 3. The first kappa shape index (κ1) is 21.8. The molecule has 0 aromatic heterocycles. The van der Waals surface area contributed by atoms with Crippen molar-refractivity contribution in [1.82, 2.24) is 5.32 Å². The van der Waals surface area contributed by atoms with Crippen molar-refractivity contribution >= 4 is 58.2 Å². The van der Waals surface area contributed by atoms with Crippen LogP contribution in [-0.4, -0.2) is 30.9 Å². The van der Waals surface area contributed by atoms with Gasteiger partial charge in [0.05, 0.1) is 26.3 Å². The second kappa shape index (κ2) is 10.2. The molecule has 0 saturated heterocycles. The fraction of sp³-hybridized carbons (Fsp3) is 0.167. The van der Waals surface area contributed by atoms with Gasteiger partial charge in [0.25, 0.3) is 11.8 Å². The second-order valence-corrected chi connectivity index (χ2v) is 6.77. The van der Waals surface area contributed by atoms with Crippen molar-refractivity contribution in [2.45, 2.75) is 6.42 Å². The summed E-state index contributed by atoms with van der Waals surface area (Å²) in [6.45, 7) is -0.273. The standard InChI is InChI=1S/C18H16Cl3N3O4/c19-11-7-13(21)15(8-12(11)20)28-9-17(26)24-14-4-2-1-3-10(14)18(27)23-6-5-16(22)25/h1-4,7-8H,5-6,9H2,(H2,22,25)(H,23,27)(H,24,26). The van der Waals surface area contributed by atoms with Gasteiger partial charge >= 0.3 is 0 Å². The van der Waals surface area contributed by atoms with Gasteiger partial charge in [0.2, 0.25) is 5.91 Å². The normalized spacial score (nSPS) is 10.2. The van der Waals surface area contributed by atoms with Crippen LogP contribution in [-0.2, 0) is 9.59 Å². The van der Waals surface area contributed by atoms with Crippen LogP contribution in [0.5, 0.6) is 5.75 Å². The maximum absolute atomic E-state index is 12.2. The number of halogens is 3. The van der Waals surface area contributed by atoms with Crippen LogP contribution < -0.4 is 21.1 Å². The Morgan fingerprint density at radius 2 is 1.68 bits per heavy atom. The van der Waals surface area contributed by atoms with Crippen LogP contribution in [0.2, 0.25) is 15.1 Å². The quantitative estimate of drug-likeness (QED) is 0.543. The maximum atomic E-state index is 12.2.